The Balaban J connectivity index is 1.89. The van der Waals surface area contributed by atoms with Crippen LogP contribution in [0.2, 0.25) is 0 Å². The zero-order chi connectivity index (χ0) is 16.9. The molecule has 0 radical (unpaired) electrons. The van der Waals surface area contributed by atoms with Gasteiger partial charge in [0.1, 0.15) is 18.7 Å². The average Bonchev–Trinajstić information content (AvgIpc) is 3.07. The number of carbonyl (C=O) groups is 1. The molecule has 1 aromatic heterocycles. The van der Waals surface area contributed by atoms with Crippen molar-refractivity contribution in [1.82, 2.24) is 25.5 Å². The Bertz CT molecular complexity index is 826. The van der Waals surface area contributed by atoms with Crippen LogP contribution in [0, 0.1) is 5.82 Å². The Labute approximate surface area is 145 Å². The smallest absolute Gasteiger partial charge is 0.242 e. The molecular formula is C16H13BrFN5O. The molecule has 0 bridgehead atoms. The van der Waals surface area contributed by atoms with Crippen LogP contribution in [0.5, 0.6) is 0 Å². The van der Waals surface area contributed by atoms with Gasteiger partial charge >= 0.3 is 0 Å². The van der Waals surface area contributed by atoms with Gasteiger partial charge in [-0.15, -0.1) is 5.10 Å². The Morgan fingerprint density at radius 3 is 2.71 bits per heavy atom. The molecule has 0 saturated heterocycles. The number of tetrazole rings is 1. The predicted octanol–water partition coefficient (Wildman–Crippen LogP) is 2.48. The minimum absolute atomic E-state index is 0.0471. The molecule has 0 fully saturated rings. The Morgan fingerprint density at radius 1 is 1.25 bits per heavy atom. The van der Waals surface area contributed by atoms with Gasteiger partial charge in [0.15, 0.2) is 0 Å². The van der Waals surface area contributed by atoms with E-state index in [1.165, 1.54) is 17.1 Å². The summed E-state index contributed by atoms with van der Waals surface area (Å²) in [4.78, 5) is 12.3. The summed E-state index contributed by atoms with van der Waals surface area (Å²) in [5.41, 5.74) is 1.17. The number of amides is 1. The molecule has 1 unspecified atom stereocenters. The first-order chi connectivity index (χ1) is 11.6. The average molecular weight is 390 g/mol. The fourth-order valence-electron chi connectivity index (χ4n) is 2.33. The molecule has 0 aliphatic rings. The van der Waals surface area contributed by atoms with E-state index < -0.39 is 11.9 Å². The fourth-order valence-corrected chi connectivity index (χ4v) is 2.66. The van der Waals surface area contributed by atoms with Crippen LogP contribution in [0.25, 0.3) is 0 Å². The first-order valence-electron chi connectivity index (χ1n) is 7.13. The van der Waals surface area contributed by atoms with E-state index in [0.717, 1.165) is 5.56 Å². The van der Waals surface area contributed by atoms with E-state index in [4.69, 9.17) is 0 Å². The highest BCUT2D eigenvalue weighted by Gasteiger charge is 2.20. The standard InChI is InChI=1S/C16H13BrFN5O/c17-12-6-7-13(14(18)8-12)16(11-4-2-1-3-5-11)20-15(24)9-23-10-19-21-22-23/h1-8,10,16H,9H2,(H,20,24). The second kappa shape index (κ2) is 7.31. The van der Waals surface area contributed by atoms with Crippen LogP contribution in [0.3, 0.4) is 0 Å². The summed E-state index contributed by atoms with van der Waals surface area (Å²) in [5.74, 6) is -0.723. The maximum Gasteiger partial charge on any atom is 0.242 e. The van der Waals surface area contributed by atoms with E-state index in [0.29, 0.717) is 10.0 Å². The highest BCUT2D eigenvalue weighted by Crippen LogP contribution is 2.26. The van der Waals surface area contributed by atoms with Gasteiger partial charge in [0.05, 0.1) is 6.04 Å². The predicted molar refractivity (Wildman–Crippen MR) is 88.3 cm³/mol. The number of hydrogen-bond donors (Lipinski definition) is 1. The zero-order valence-corrected chi connectivity index (χ0v) is 14.0. The van der Waals surface area contributed by atoms with E-state index >= 15 is 0 Å². The van der Waals surface area contributed by atoms with E-state index in [2.05, 4.69) is 36.8 Å². The van der Waals surface area contributed by atoms with Crippen molar-refractivity contribution >= 4 is 21.8 Å². The van der Waals surface area contributed by atoms with Crippen LogP contribution in [-0.2, 0) is 11.3 Å². The second-order valence-electron chi connectivity index (χ2n) is 5.08. The molecule has 1 heterocycles. The van der Waals surface area contributed by atoms with Gasteiger partial charge < -0.3 is 5.32 Å². The lowest BCUT2D eigenvalue weighted by Crippen LogP contribution is -2.32. The Hall–Kier alpha value is -2.61. The summed E-state index contributed by atoms with van der Waals surface area (Å²) in [6.45, 7) is -0.0471. The molecule has 122 valence electrons. The molecule has 3 aromatic rings. The van der Waals surface area contributed by atoms with Crippen LogP contribution >= 0.6 is 15.9 Å². The molecule has 0 aliphatic carbocycles. The van der Waals surface area contributed by atoms with E-state index in [9.17, 15) is 9.18 Å². The van der Waals surface area contributed by atoms with Crippen molar-refractivity contribution in [2.75, 3.05) is 0 Å². The zero-order valence-electron chi connectivity index (χ0n) is 12.4. The van der Waals surface area contributed by atoms with Gasteiger partial charge in [-0.25, -0.2) is 9.07 Å². The van der Waals surface area contributed by atoms with Crippen molar-refractivity contribution in [3.8, 4) is 0 Å². The second-order valence-corrected chi connectivity index (χ2v) is 6.00. The summed E-state index contributed by atoms with van der Waals surface area (Å²) in [5, 5.41) is 13.5. The van der Waals surface area contributed by atoms with Crippen molar-refractivity contribution < 1.29 is 9.18 Å². The minimum Gasteiger partial charge on any atom is -0.343 e. The normalized spacial score (nSPS) is 11.9. The van der Waals surface area contributed by atoms with Crippen LogP contribution in [0.1, 0.15) is 17.2 Å². The van der Waals surface area contributed by atoms with Crippen molar-refractivity contribution in [3.63, 3.8) is 0 Å². The first kappa shape index (κ1) is 16.3. The Kier molecular flexibility index (Phi) is 4.95. The van der Waals surface area contributed by atoms with Crippen molar-refractivity contribution in [1.29, 1.82) is 0 Å². The molecule has 0 spiro atoms. The molecule has 1 atom stereocenters. The number of rotatable bonds is 5. The molecule has 6 nitrogen and oxygen atoms in total. The molecule has 1 N–H and O–H groups in total. The summed E-state index contributed by atoms with van der Waals surface area (Å²) in [7, 11) is 0. The highest BCUT2D eigenvalue weighted by molar-refractivity contribution is 9.10. The third-order valence-electron chi connectivity index (χ3n) is 3.41. The topological polar surface area (TPSA) is 72.7 Å². The molecule has 0 saturated carbocycles. The van der Waals surface area contributed by atoms with E-state index in [1.54, 1.807) is 12.1 Å². The molecule has 8 heteroatoms. The lowest BCUT2D eigenvalue weighted by molar-refractivity contribution is -0.122. The first-order valence-corrected chi connectivity index (χ1v) is 7.93. The van der Waals surface area contributed by atoms with Crippen LogP contribution < -0.4 is 5.32 Å². The molecule has 24 heavy (non-hydrogen) atoms. The van der Waals surface area contributed by atoms with Gasteiger partial charge in [-0.1, -0.05) is 52.3 Å². The van der Waals surface area contributed by atoms with Crippen LogP contribution in [-0.4, -0.2) is 26.1 Å². The lowest BCUT2D eigenvalue weighted by atomic mass is 9.98. The van der Waals surface area contributed by atoms with Gasteiger partial charge in [0.2, 0.25) is 5.91 Å². The molecular weight excluding hydrogens is 377 g/mol. The number of nitrogens with one attached hydrogen (secondary N) is 1. The summed E-state index contributed by atoms with van der Waals surface area (Å²) in [6.07, 6.45) is 1.34. The molecule has 2 aromatic carbocycles. The SMILES string of the molecule is O=C(Cn1cnnn1)NC(c1ccccc1)c1ccc(Br)cc1F. The summed E-state index contributed by atoms with van der Waals surface area (Å²) >= 11 is 3.24. The molecule has 1 amide bonds. The largest absolute Gasteiger partial charge is 0.343 e. The van der Waals surface area contributed by atoms with Crippen molar-refractivity contribution in [3.05, 3.63) is 76.3 Å². The van der Waals surface area contributed by atoms with Gasteiger partial charge in [-0.3, -0.25) is 4.79 Å². The number of nitrogens with zero attached hydrogens (tertiary/aromatic N) is 4. The summed E-state index contributed by atoms with van der Waals surface area (Å²) < 4.78 is 16.3. The quantitative estimate of drug-likeness (QED) is 0.727. The highest BCUT2D eigenvalue weighted by atomic mass is 79.9. The lowest BCUT2D eigenvalue weighted by Gasteiger charge is -2.20. The van der Waals surface area contributed by atoms with Gasteiger partial charge in [-0.05, 0) is 28.1 Å². The minimum atomic E-state index is -0.608. The number of aromatic nitrogens is 4. The van der Waals surface area contributed by atoms with E-state index in [1.807, 2.05) is 30.3 Å². The van der Waals surface area contributed by atoms with Crippen molar-refractivity contribution in [2.45, 2.75) is 12.6 Å². The van der Waals surface area contributed by atoms with Crippen LogP contribution in [0.4, 0.5) is 4.39 Å². The number of carbonyl (C=O) groups excluding carboxylic acids is 1. The molecule has 0 aliphatic heterocycles. The Morgan fingerprint density at radius 2 is 2.04 bits per heavy atom. The van der Waals surface area contributed by atoms with Gasteiger partial charge in [0, 0.05) is 10.0 Å². The van der Waals surface area contributed by atoms with E-state index in [-0.39, 0.29) is 12.5 Å². The molecule has 3 rings (SSSR count). The van der Waals surface area contributed by atoms with Gasteiger partial charge in [-0.2, -0.15) is 0 Å². The van der Waals surface area contributed by atoms with Crippen molar-refractivity contribution in [2.24, 2.45) is 0 Å². The number of halogens is 2. The number of hydrogen-bond acceptors (Lipinski definition) is 4. The van der Waals surface area contributed by atoms with Gasteiger partial charge in [0.25, 0.3) is 0 Å². The third kappa shape index (κ3) is 3.83. The fraction of sp³-hybridized carbons (Fsp3) is 0.125. The summed E-state index contributed by atoms with van der Waals surface area (Å²) in [6, 6.07) is 13.4. The monoisotopic (exact) mass is 389 g/mol. The maximum absolute atomic E-state index is 14.4. The maximum atomic E-state index is 14.4. The number of benzene rings is 2. The van der Waals surface area contributed by atoms with Crippen LogP contribution in [0.15, 0.2) is 59.3 Å². The third-order valence-corrected chi connectivity index (χ3v) is 3.90.